The Morgan fingerprint density at radius 3 is 2.17 bits per heavy atom. The molecule has 8 rings (SSSR count). The van der Waals surface area contributed by atoms with Crippen LogP contribution < -0.4 is 4.74 Å². The van der Waals surface area contributed by atoms with Crippen molar-refractivity contribution in [1.29, 1.82) is 0 Å². The minimum Gasteiger partial charge on any atom is -0.467 e. The third kappa shape index (κ3) is 6.87. The number of fused-ring (bicyclic) bond motifs is 3. The molecule has 4 aromatic carbocycles. The molecule has 0 spiro atoms. The van der Waals surface area contributed by atoms with Gasteiger partial charge in [0.2, 0.25) is 5.90 Å². The Bertz CT molecular complexity index is 2310. The van der Waals surface area contributed by atoms with E-state index in [4.69, 9.17) is 19.5 Å². The predicted molar refractivity (Wildman–Crippen MR) is 219 cm³/mol. The van der Waals surface area contributed by atoms with Crippen molar-refractivity contribution in [2.24, 2.45) is 10.9 Å². The Morgan fingerprint density at radius 2 is 1.45 bits per heavy atom. The highest BCUT2D eigenvalue weighted by atomic mass is 16.5. The summed E-state index contributed by atoms with van der Waals surface area (Å²) in [5, 5.41) is 2.39. The van der Waals surface area contributed by atoms with Crippen molar-refractivity contribution in [3.05, 3.63) is 131 Å². The van der Waals surface area contributed by atoms with E-state index in [2.05, 4.69) is 157 Å². The summed E-state index contributed by atoms with van der Waals surface area (Å²) >= 11 is 0. The average molecular weight is 704 g/mol. The fourth-order valence-electron chi connectivity index (χ4n) is 8.18. The van der Waals surface area contributed by atoms with Gasteiger partial charge in [-0.05, 0) is 112 Å². The first kappa shape index (κ1) is 35.1. The molecule has 3 heterocycles. The SMILES string of the molecule is CC(C)c1cc(Oc2ccc3c4cc(C(C)(C)C)ccc4n(-c4cc(C(C)(C)C)ccn4)c3c2)cc(C2=N[C@H](C3CCCC3)[C@H](c3ccccc3)O2)c1. The summed E-state index contributed by atoms with van der Waals surface area (Å²) in [6.45, 7) is 18.0. The van der Waals surface area contributed by atoms with Crippen molar-refractivity contribution in [3.63, 3.8) is 0 Å². The lowest BCUT2D eigenvalue weighted by Crippen LogP contribution is -2.22. The minimum absolute atomic E-state index is 0.00513. The molecule has 2 atom stereocenters. The molecule has 0 unspecified atom stereocenters. The Morgan fingerprint density at radius 1 is 0.717 bits per heavy atom. The molecule has 0 bridgehead atoms. The number of hydrogen-bond donors (Lipinski definition) is 0. The van der Waals surface area contributed by atoms with Gasteiger partial charge in [-0.3, -0.25) is 4.57 Å². The molecule has 0 N–H and O–H groups in total. The molecule has 1 aliphatic heterocycles. The zero-order valence-electron chi connectivity index (χ0n) is 32.6. The summed E-state index contributed by atoms with van der Waals surface area (Å²) in [6.07, 6.45) is 6.82. The molecule has 0 amide bonds. The van der Waals surface area contributed by atoms with Crippen LogP contribution in [0.25, 0.3) is 27.6 Å². The quantitative estimate of drug-likeness (QED) is 0.166. The zero-order valence-corrected chi connectivity index (χ0v) is 32.6. The Kier molecular flexibility index (Phi) is 8.95. The van der Waals surface area contributed by atoms with E-state index in [0.717, 1.165) is 39.8 Å². The number of aliphatic imine (C=N–C) groups is 1. The first-order valence-corrected chi connectivity index (χ1v) is 19.5. The van der Waals surface area contributed by atoms with Crippen LogP contribution >= 0.6 is 0 Å². The van der Waals surface area contributed by atoms with Crippen molar-refractivity contribution in [2.75, 3.05) is 0 Å². The van der Waals surface area contributed by atoms with Crippen LogP contribution in [-0.2, 0) is 15.6 Å². The van der Waals surface area contributed by atoms with Gasteiger partial charge in [-0.2, -0.15) is 0 Å². The third-order valence-electron chi connectivity index (χ3n) is 11.3. The monoisotopic (exact) mass is 703 g/mol. The maximum absolute atomic E-state index is 6.81. The first-order valence-electron chi connectivity index (χ1n) is 19.5. The molecule has 0 saturated heterocycles. The van der Waals surface area contributed by atoms with Gasteiger partial charge in [0.25, 0.3) is 0 Å². The van der Waals surface area contributed by atoms with Crippen LogP contribution in [-0.4, -0.2) is 21.5 Å². The first-order chi connectivity index (χ1) is 25.3. The summed E-state index contributed by atoms with van der Waals surface area (Å²) < 4.78 is 15.9. The van der Waals surface area contributed by atoms with Gasteiger partial charge in [0.15, 0.2) is 0 Å². The molecular weight excluding hydrogens is 651 g/mol. The molecule has 2 aliphatic rings. The second kappa shape index (κ2) is 13.5. The Labute approximate surface area is 315 Å². The second-order valence-electron chi connectivity index (χ2n) is 17.6. The number of ether oxygens (including phenoxy) is 2. The molecule has 2 aromatic heterocycles. The zero-order chi connectivity index (χ0) is 37.1. The van der Waals surface area contributed by atoms with Crippen LogP contribution in [0.2, 0.25) is 0 Å². The maximum Gasteiger partial charge on any atom is 0.217 e. The summed E-state index contributed by atoms with van der Waals surface area (Å²) in [7, 11) is 0. The van der Waals surface area contributed by atoms with E-state index in [1.165, 1.54) is 58.7 Å². The Hall–Kier alpha value is -4.90. The molecule has 53 heavy (non-hydrogen) atoms. The molecule has 1 aliphatic carbocycles. The van der Waals surface area contributed by atoms with Crippen LogP contribution in [0.15, 0.2) is 108 Å². The van der Waals surface area contributed by atoms with Gasteiger partial charge in [-0.1, -0.05) is 105 Å². The molecule has 0 radical (unpaired) electrons. The van der Waals surface area contributed by atoms with Crippen LogP contribution in [0.1, 0.15) is 121 Å². The van der Waals surface area contributed by atoms with Gasteiger partial charge in [0.1, 0.15) is 23.4 Å². The normalized spacial score (nSPS) is 18.2. The molecular formula is C48H53N3O2. The number of hydrogen-bond acceptors (Lipinski definition) is 4. The highest BCUT2D eigenvalue weighted by Gasteiger charge is 2.39. The van der Waals surface area contributed by atoms with E-state index in [-0.39, 0.29) is 23.0 Å². The summed E-state index contributed by atoms with van der Waals surface area (Å²) in [4.78, 5) is 10.3. The lowest BCUT2D eigenvalue weighted by Gasteiger charge is -2.22. The largest absolute Gasteiger partial charge is 0.467 e. The van der Waals surface area contributed by atoms with Crippen LogP contribution in [0.5, 0.6) is 11.5 Å². The van der Waals surface area contributed by atoms with Gasteiger partial charge in [-0.25, -0.2) is 9.98 Å². The van der Waals surface area contributed by atoms with Crippen LogP contribution in [0.4, 0.5) is 0 Å². The lowest BCUT2D eigenvalue weighted by molar-refractivity contribution is 0.168. The molecule has 272 valence electrons. The maximum atomic E-state index is 6.81. The number of aromatic nitrogens is 2. The topological polar surface area (TPSA) is 48.6 Å². The Balaban J connectivity index is 1.21. The second-order valence-corrected chi connectivity index (χ2v) is 17.6. The van der Waals surface area contributed by atoms with Crippen molar-refractivity contribution in [1.82, 2.24) is 9.55 Å². The van der Waals surface area contributed by atoms with Crippen LogP contribution in [0.3, 0.4) is 0 Å². The molecule has 1 saturated carbocycles. The lowest BCUT2D eigenvalue weighted by atomic mass is 9.86. The van der Waals surface area contributed by atoms with E-state index in [1.54, 1.807) is 0 Å². The van der Waals surface area contributed by atoms with E-state index >= 15 is 0 Å². The highest BCUT2D eigenvalue weighted by molar-refractivity contribution is 6.09. The fourth-order valence-corrected chi connectivity index (χ4v) is 8.18. The minimum atomic E-state index is -0.0742. The van der Waals surface area contributed by atoms with E-state index in [9.17, 15) is 0 Å². The smallest absolute Gasteiger partial charge is 0.217 e. The van der Waals surface area contributed by atoms with Crippen molar-refractivity contribution < 1.29 is 9.47 Å². The standard InChI is InChI=1S/C48H53N3O2/c1-30(2)33-24-34(46-50-44(31-14-12-13-15-31)45(53-46)32-16-10-9-11-17-32)26-38(25-33)52-37-19-20-39-40-27-35(47(3,4)5)18-21-41(40)51(42(39)29-37)43-28-36(22-23-49-43)48(6,7)8/h9-11,16-31,44-45H,12-15H2,1-8H3/t44-,45+/m1/s1. The van der Waals surface area contributed by atoms with Crippen molar-refractivity contribution >= 4 is 27.7 Å². The third-order valence-corrected chi connectivity index (χ3v) is 11.3. The summed E-state index contributed by atoms with van der Waals surface area (Å²) in [5.74, 6) is 4.03. The number of rotatable bonds is 7. The van der Waals surface area contributed by atoms with Crippen molar-refractivity contribution in [3.8, 4) is 17.3 Å². The van der Waals surface area contributed by atoms with Gasteiger partial charge < -0.3 is 9.47 Å². The van der Waals surface area contributed by atoms with E-state index in [1.807, 2.05) is 6.20 Å². The van der Waals surface area contributed by atoms with Gasteiger partial charge in [0, 0.05) is 28.6 Å². The molecule has 6 aromatic rings. The van der Waals surface area contributed by atoms with E-state index in [0.29, 0.717) is 11.8 Å². The fraction of sp³-hybridized carbons (Fsp3) is 0.375. The van der Waals surface area contributed by atoms with Crippen molar-refractivity contribution in [2.45, 2.75) is 110 Å². The van der Waals surface area contributed by atoms with Gasteiger partial charge in [0.05, 0.1) is 17.1 Å². The average Bonchev–Trinajstić information content (AvgIpc) is 3.89. The number of benzene rings is 4. The highest BCUT2D eigenvalue weighted by Crippen LogP contribution is 2.43. The molecule has 5 nitrogen and oxygen atoms in total. The van der Waals surface area contributed by atoms with Gasteiger partial charge in [-0.15, -0.1) is 0 Å². The number of nitrogens with zero attached hydrogens (tertiary/aromatic N) is 3. The predicted octanol–water partition coefficient (Wildman–Crippen LogP) is 12.8. The van der Waals surface area contributed by atoms with Gasteiger partial charge >= 0.3 is 0 Å². The summed E-state index contributed by atoms with van der Waals surface area (Å²) in [6, 6.07) is 34.9. The molecule has 1 fully saturated rings. The molecule has 5 heteroatoms. The number of pyridine rings is 1. The summed E-state index contributed by atoms with van der Waals surface area (Å²) in [5.41, 5.74) is 8.13. The van der Waals surface area contributed by atoms with E-state index < -0.39 is 0 Å². The van der Waals surface area contributed by atoms with Crippen LogP contribution in [0, 0.1) is 5.92 Å².